The number of hydrogen-bond acceptors (Lipinski definition) is 3. The number of aromatic nitrogens is 2. The van der Waals surface area contributed by atoms with Crippen LogP contribution in [-0.4, -0.2) is 35.1 Å². The van der Waals surface area contributed by atoms with Crippen molar-refractivity contribution in [3.05, 3.63) is 18.0 Å². The van der Waals surface area contributed by atoms with Crippen LogP contribution in [0.2, 0.25) is 0 Å². The number of hydrogen-bond donors (Lipinski definition) is 1. The second-order valence-corrected chi connectivity index (χ2v) is 5.76. The van der Waals surface area contributed by atoms with E-state index < -0.39 is 0 Å². The van der Waals surface area contributed by atoms with E-state index in [1.54, 1.807) is 0 Å². The molecule has 0 aromatic carbocycles. The summed E-state index contributed by atoms with van der Waals surface area (Å²) in [6.45, 7) is 6.41. The summed E-state index contributed by atoms with van der Waals surface area (Å²) in [4.78, 5) is 0. The summed E-state index contributed by atoms with van der Waals surface area (Å²) >= 11 is 0. The van der Waals surface area contributed by atoms with Crippen LogP contribution in [0.4, 0.5) is 0 Å². The summed E-state index contributed by atoms with van der Waals surface area (Å²) in [7, 11) is 1.98. The smallest absolute Gasteiger partial charge is 0.0551 e. The predicted octanol–water partition coefficient (Wildman–Crippen LogP) is 2.15. The molecule has 3 unspecified atom stereocenters. The third kappa shape index (κ3) is 4.32. The van der Waals surface area contributed by atoms with Crippen molar-refractivity contribution in [2.45, 2.75) is 51.7 Å². The molecule has 0 bridgehead atoms. The molecule has 1 aromatic heterocycles. The summed E-state index contributed by atoms with van der Waals surface area (Å²) in [5.74, 6) is 0.665. The summed E-state index contributed by atoms with van der Waals surface area (Å²) < 4.78 is 7.61. The molecule has 0 spiro atoms. The van der Waals surface area contributed by atoms with Crippen molar-refractivity contribution >= 4 is 0 Å². The lowest BCUT2D eigenvalue weighted by Crippen LogP contribution is -2.37. The van der Waals surface area contributed by atoms with Gasteiger partial charge in [0.15, 0.2) is 0 Å². The van der Waals surface area contributed by atoms with Gasteiger partial charge in [-0.15, -0.1) is 0 Å². The molecule has 0 saturated carbocycles. The first-order valence-electron chi connectivity index (χ1n) is 7.51. The highest BCUT2D eigenvalue weighted by atomic mass is 16.5. The molecule has 0 radical (unpaired) electrons. The normalized spacial score (nSPS) is 24.8. The number of rotatable bonds is 7. The van der Waals surface area contributed by atoms with E-state index in [0.717, 1.165) is 19.6 Å². The molecule has 2 heterocycles. The number of aryl methyl sites for hydroxylation is 2. The zero-order valence-electron chi connectivity index (χ0n) is 12.4. The van der Waals surface area contributed by atoms with Crippen molar-refractivity contribution in [2.75, 3.05) is 13.2 Å². The Labute approximate surface area is 116 Å². The second-order valence-electron chi connectivity index (χ2n) is 5.76. The van der Waals surface area contributed by atoms with Crippen LogP contribution >= 0.6 is 0 Å². The van der Waals surface area contributed by atoms with Crippen LogP contribution < -0.4 is 5.32 Å². The first-order valence-corrected chi connectivity index (χ1v) is 7.51. The maximum absolute atomic E-state index is 5.73. The van der Waals surface area contributed by atoms with E-state index in [0.29, 0.717) is 18.1 Å². The van der Waals surface area contributed by atoms with Gasteiger partial charge in [-0.05, 0) is 44.7 Å². The molecule has 1 N–H and O–H groups in total. The molecule has 0 aliphatic carbocycles. The molecule has 1 fully saturated rings. The van der Waals surface area contributed by atoms with Gasteiger partial charge >= 0.3 is 0 Å². The monoisotopic (exact) mass is 265 g/mol. The minimum absolute atomic E-state index is 0.425. The number of nitrogens with zero attached hydrogens (tertiary/aromatic N) is 2. The van der Waals surface area contributed by atoms with Crippen molar-refractivity contribution in [1.82, 2.24) is 15.1 Å². The Bertz CT molecular complexity index is 377. The zero-order valence-corrected chi connectivity index (χ0v) is 12.4. The Balaban J connectivity index is 1.86. The molecule has 1 aromatic rings. The van der Waals surface area contributed by atoms with Gasteiger partial charge in [0.25, 0.3) is 0 Å². The Hall–Kier alpha value is -0.870. The van der Waals surface area contributed by atoms with Gasteiger partial charge in [-0.25, -0.2) is 0 Å². The number of ether oxygens (including phenoxy) is 1. The molecule has 2 rings (SSSR count). The molecule has 1 aliphatic rings. The van der Waals surface area contributed by atoms with E-state index in [-0.39, 0.29) is 0 Å². The highest BCUT2D eigenvalue weighted by molar-refractivity contribution is 5.04. The molecule has 3 atom stereocenters. The van der Waals surface area contributed by atoms with E-state index in [2.05, 4.69) is 30.5 Å². The largest absolute Gasteiger partial charge is 0.378 e. The first kappa shape index (κ1) is 14.5. The quantitative estimate of drug-likeness (QED) is 0.821. The van der Waals surface area contributed by atoms with Gasteiger partial charge in [-0.3, -0.25) is 4.68 Å². The topological polar surface area (TPSA) is 39.1 Å². The van der Waals surface area contributed by atoms with Gasteiger partial charge in [0.05, 0.1) is 18.9 Å². The molecule has 19 heavy (non-hydrogen) atoms. The Morgan fingerprint density at radius 3 is 3.00 bits per heavy atom. The van der Waals surface area contributed by atoms with Crippen molar-refractivity contribution in [3.8, 4) is 0 Å². The second kappa shape index (κ2) is 7.06. The van der Waals surface area contributed by atoms with Crippen LogP contribution in [0.15, 0.2) is 12.4 Å². The van der Waals surface area contributed by atoms with E-state index in [1.807, 2.05) is 17.9 Å². The average molecular weight is 265 g/mol. The summed E-state index contributed by atoms with van der Waals surface area (Å²) in [6.07, 6.45) is 9.16. The van der Waals surface area contributed by atoms with Crippen molar-refractivity contribution in [3.63, 3.8) is 0 Å². The van der Waals surface area contributed by atoms with Crippen LogP contribution in [0.25, 0.3) is 0 Å². The molecular formula is C15H27N3O. The van der Waals surface area contributed by atoms with E-state index in [1.165, 1.54) is 24.8 Å². The fourth-order valence-corrected chi connectivity index (χ4v) is 2.89. The summed E-state index contributed by atoms with van der Waals surface area (Å²) in [5, 5.41) is 7.94. The third-order valence-corrected chi connectivity index (χ3v) is 3.96. The molecule has 108 valence electrons. The fraction of sp³-hybridized carbons (Fsp3) is 0.800. The van der Waals surface area contributed by atoms with Crippen molar-refractivity contribution < 1.29 is 4.74 Å². The van der Waals surface area contributed by atoms with E-state index in [4.69, 9.17) is 4.74 Å². The van der Waals surface area contributed by atoms with Gasteiger partial charge in [-0.1, -0.05) is 6.92 Å². The predicted molar refractivity (Wildman–Crippen MR) is 77.1 cm³/mol. The Morgan fingerprint density at radius 2 is 2.42 bits per heavy atom. The van der Waals surface area contributed by atoms with Crippen LogP contribution in [0.5, 0.6) is 0 Å². The molecule has 1 aliphatic heterocycles. The highest BCUT2D eigenvalue weighted by Crippen LogP contribution is 2.24. The van der Waals surface area contributed by atoms with E-state index >= 15 is 0 Å². The maximum Gasteiger partial charge on any atom is 0.0551 e. The zero-order chi connectivity index (χ0) is 13.7. The van der Waals surface area contributed by atoms with Crippen molar-refractivity contribution in [1.29, 1.82) is 0 Å². The van der Waals surface area contributed by atoms with Gasteiger partial charge in [0.2, 0.25) is 0 Å². The minimum atomic E-state index is 0.425. The van der Waals surface area contributed by atoms with Gasteiger partial charge < -0.3 is 10.1 Å². The SMILES string of the molecule is CCCNC(CCc1cnn(C)c1)C1COC(C)C1. The Kier molecular flexibility index (Phi) is 5.40. The van der Waals surface area contributed by atoms with Gasteiger partial charge in [-0.2, -0.15) is 5.10 Å². The third-order valence-electron chi connectivity index (χ3n) is 3.96. The lowest BCUT2D eigenvalue weighted by atomic mass is 9.92. The van der Waals surface area contributed by atoms with Crippen molar-refractivity contribution in [2.24, 2.45) is 13.0 Å². The van der Waals surface area contributed by atoms with Crippen LogP contribution in [0.1, 0.15) is 38.7 Å². The molecule has 4 heteroatoms. The summed E-state index contributed by atoms with van der Waals surface area (Å²) in [6, 6.07) is 0.574. The summed E-state index contributed by atoms with van der Waals surface area (Å²) in [5.41, 5.74) is 1.33. The highest BCUT2D eigenvalue weighted by Gasteiger charge is 2.28. The molecular weight excluding hydrogens is 238 g/mol. The molecule has 4 nitrogen and oxygen atoms in total. The molecule has 0 amide bonds. The minimum Gasteiger partial charge on any atom is -0.378 e. The Morgan fingerprint density at radius 1 is 1.58 bits per heavy atom. The lowest BCUT2D eigenvalue weighted by Gasteiger charge is -2.23. The van der Waals surface area contributed by atoms with Crippen LogP contribution in [0.3, 0.4) is 0 Å². The first-order chi connectivity index (χ1) is 9.19. The average Bonchev–Trinajstić information content (AvgIpc) is 2.99. The fourth-order valence-electron chi connectivity index (χ4n) is 2.89. The maximum atomic E-state index is 5.73. The molecule has 1 saturated heterocycles. The van der Waals surface area contributed by atoms with Gasteiger partial charge in [0, 0.05) is 25.2 Å². The standard InChI is InChI=1S/C15H27N3O/c1-4-7-16-15(14-8-12(2)19-11-14)6-5-13-9-17-18(3)10-13/h9-10,12,14-16H,4-8,11H2,1-3H3. The van der Waals surface area contributed by atoms with Crippen LogP contribution in [-0.2, 0) is 18.2 Å². The number of nitrogens with one attached hydrogen (secondary N) is 1. The van der Waals surface area contributed by atoms with Crippen LogP contribution in [0, 0.1) is 5.92 Å². The lowest BCUT2D eigenvalue weighted by molar-refractivity contribution is 0.116. The van der Waals surface area contributed by atoms with E-state index in [9.17, 15) is 0 Å². The van der Waals surface area contributed by atoms with Gasteiger partial charge in [0.1, 0.15) is 0 Å².